The third-order valence-corrected chi connectivity index (χ3v) is 4.11. The smallest absolute Gasteiger partial charge is 0.274 e. The number of nitrogens with one attached hydrogen (secondary N) is 3. The van der Waals surface area contributed by atoms with Crippen LogP contribution in [0.5, 0.6) is 0 Å². The Bertz CT molecular complexity index is 1020. The molecule has 0 atom stereocenters. The van der Waals surface area contributed by atoms with Crippen LogP contribution in [-0.2, 0) is 4.79 Å². The molecule has 2 aromatic carbocycles. The minimum absolute atomic E-state index is 0.174. The van der Waals surface area contributed by atoms with Crippen LogP contribution in [-0.4, -0.2) is 30.9 Å². The van der Waals surface area contributed by atoms with Gasteiger partial charge in [-0.2, -0.15) is 0 Å². The van der Waals surface area contributed by atoms with E-state index in [1.807, 2.05) is 43.3 Å². The lowest BCUT2D eigenvalue weighted by Gasteiger charge is -2.13. The predicted octanol–water partition coefficient (Wildman–Crippen LogP) is 4.10. The molecule has 0 aliphatic rings. The second-order valence-electron chi connectivity index (χ2n) is 6.71. The van der Waals surface area contributed by atoms with Crippen molar-refractivity contribution in [1.29, 1.82) is 0 Å². The van der Waals surface area contributed by atoms with Gasteiger partial charge in [0.2, 0.25) is 5.91 Å². The van der Waals surface area contributed by atoms with Gasteiger partial charge in [0.15, 0.2) is 0 Å². The van der Waals surface area contributed by atoms with Crippen LogP contribution in [0.3, 0.4) is 0 Å². The first kappa shape index (κ1) is 19.9. The van der Waals surface area contributed by atoms with Crippen LogP contribution in [0.15, 0.2) is 66.9 Å². The van der Waals surface area contributed by atoms with Gasteiger partial charge in [-0.1, -0.05) is 6.07 Å². The third kappa shape index (κ3) is 5.55. The molecule has 0 aliphatic heterocycles. The van der Waals surface area contributed by atoms with Gasteiger partial charge in [-0.25, -0.2) is 0 Å². The molecular weight excluding hydrogens is 366 g/mol. The average Bonchev–Trinajstić information content (AvgIpc) is 2.68. The first-order valence-electron chi connectivity index (χ1n) is 9.10. The molecule has 0 fully saturated rings. The van der Waals surface area contributed by atoms with Crippen molar-refractivity contribution >= 4 is 40.3 Å². The summed E-state index contributed by atoms with van der Waals surface area (Å²) >= 11 is 0. The van der Waals surface area contributed by atoms with Gasteiger partial charge in [-0.3, -0.25) is 14.6 Å². The Kier molecular flexibility index (Phi) is 6.09. The molecule has 148 valence electrons. The fraction of sp³-hybridized carbons (Fsp3) is 0.136. The number of hydrogen-bond acceptors (Lipinski definition) is 5. The monoisotopic (exact) mass is 389 g/mol. The molecule has 1 heterocycles. The lowest BCUT2D eigenvalue weighted by atomic mass is 10.2. The van der Waals surface area contributed by atoms with Crippen LogP contribution < -0.4 is 20.9 Å². The minimum Gasteiger partial charge on any atom is -0.378 e. The van der Waals surface area contributed by atoms with E-state index in [0.717, 1.165) is 17.1 Å². The van der Waals surface area contributed by atoms with Crippen LogP contribution in [0.25, 0.3) is 0 Å². The van der Waals surface area contributed by atoms with Gasteiger partial charge in [0.1, 0.15) is 5.69 Å². The first-order valence-corrected chi connectivity index (χ1v) is 9.10. The van der Waals surface area contributed by atoms with Gasteiger partial charge < -0.3 is 20.9 Å². The van der Waals surface area contributed by atoms with Crippen LogP contribution in [0.1, 0.15) is 17.4 Å². The largest absolute Gasteiger partial charge is 0.378 e. The number of anilines is 5. The van der Waals surface area contributed by atoms with Crippen LogP contribution in [0, 0.1) is 0 Å². The van der Waals surface area contributed by atoms with E-state index in [1.165, 1.54) is 6.92 Å². The van der Waals surface area contributed by atoms with Crippen molar-refractivity contribution in [3.63, 3.8) is 0 Å². The number of rotatable bonds is 6. The Hall–Kier alpha value is -3.87. The fourth-order valence-corrected chi connectivity index (χ4v) is 2.72. The van der Waals surface area contributed by atoms with E-state index in [2.05, 4.69) is 20.9 Å². The minimum atomic E-state index is -0.336. The van der Waals surface area contributed by atoms with Crippen molar-refractivity contribution in [2.45, 2.75) is 6.92 Å². The van der Waals surface area contributed by atoms with Gasteiger partial charge in [0.25, 0.3) is 5.91 Å². The van der Waals surface area contributed by atoms with Gasteiger partial charge in [0, 0.05) is 55.7 Å². The third-order valence-electron chi connectivity index (χ3n) is 4.11. The standard InChI is InChI=1S/C22H23N5O2/c1-15(28)24-17-5-4-6-18(13-17)26-22(29)21-14-19(11-12-23-21)25-16-7-9-20(10-8-16)27(2)3/h4-14H,1-3H3,(H,23,25)(H,24,28)(H,26,29). The summed E-state index contributed by atoms with van der Waals surface area (Å²) in [6.45, 7) is 1.43. The summed E-state index contributed by atoms with van der Waals surface area (Å²) in [5.41, 5.74) is 4.24. The molecule has 3 N–H and O–H groups in total. The van der Waals surface area contributed by atoms with Crippen molar-refractivity contribution in [2.24, 2.45) is 0 Å². The maximum absolute atomic E-state index is 12.6. The van der Waals surface area contributed by atoms with E-state index in [1.54, 1.807) is 42.6 Å². The summed E-state index contributed by atoms with van der Waals surface area (Å²) in [6, 6.07) is 18.4. The molecule has 29 heavy (non-hydrogen) atoms. The summed E-state index contributed by atoms with van der Waals surface area (Å²) in [5, 5.41) is 8.76. The van der Waals surface area contributed by atoms with Crippen molar-refractivity contribution in [3.05, 3.63) is 72.6 Å². The Morgan fingerprint density at radius 2 is 1.52 bits per heavy atom. The lowest BCUT2D eigenvalue weighted by Crippen LogP contribution is -2.14. The first-order chi connectivity index (χ1) is 13.9. The van der Waals surface area contributed by atoms with E-state index in [-0.39, 0.29) is 17.5 Å². The molecule has 3 rings (SSSR count). The lowest BCUT2D eigenvalue weighted by molar-refractivity contribution is -0.114. The van der Waals surface area contributed by atoms with Gasteiger partial charge >= 0.3 is 0 Å². The summed E-state index contributed by atoms with van der Waals surface area (Å²) < 4.78 is 0. The number of pyridine rings is 1. The highest BCUT2D eigenvalue weighted by atomic mass is 16.2. The second kappa shape index (κ2) is 8.88. The van der Waals surface area contributed by atoms with E-state index >= 15 is 0 Å². The maximum Gasteiger partial charge on any atom is 0.274 e. The number of nitrogens with zero attached hydrogens (tertiary/aromatic N) is 2. The SMILES string of the molecule is CC(=O)Nc1cccc(NC(=O)c2cc(Nc3ccc(N(C)C)cc3)ccn2)c1. The molecule has 7 heteroatoms. The number of carbonyl (C=O) groups is 2. The number of amides is 2. The molecule has 0 saturated heterocycles. The molecule has 3 aromatic rings. The molecule has 0 bridgehead atoms. The van der Waals surface area contributed by atoms with Gasteiger partial charge in [-0.05, 0) is 54.6 Å². The van der Waals surface area contributed by atoms with Crippen molar-refractivity contribution in [3.8, 4) is 0 Å². The Balaban J connectivity index is 1.70. The second-order valence-corrected chi connectivity index (χ2v) is 6.71. The highest BCUT2D eigenvalue weighted by Crippen LogP contribution is 2.21. The topological polar surface area (TPSA) is 86.4 Å². The normalized spacial score (nSPS) is 10.2. The molecule has 0 saturated carbocycles. The highest BCUT2D eigenvalue weighted by molar-refractivity contribution is 6.03. The molecule has 7 nitrogen and oxygen atoms in total. The fourth-order valence-electron chi connectivity index (χ4n) is 2.72. The molecular formula is C22H23N5O2. The van der Waals surface area contributed by atoms with Crippen LogP contribution in [0.4, 0.5) is 28.4 Å². The van der Waals surface area contributed by atoms with Crippen LogP contribution in [0.2, 0.25) is 0 Å². The quantitative estimate of drug-likeness (QED) is 0.591. The highest BCUT2D eigenvalue weighted by Gasteiger charge is 2.09. The van der Waals surface area contributed by atoms with E-state index < -0.39 is 0 Å². The van der Waals surface area contributed by atoms with Gasteiger partial charge in [-0.15, -0.1) is 0 Å². The summed E-state index contributed by atoms with van der Waals surface area (Å²) in [7, 11) is 3.98. The molecule has 0 radical (unpaired) electrons. The molecule has 0 spiro atoms. The zero-order valence-corrected chi connectivity index (χ0v) is 16.6. The Morgan fingerprint density at radius 3 is 2.17 bits per heavy atom. The summed E-state index contributed by atoms with van der Waals surface area (Å²) in [6.07, 6.45) is 1.58. The zero-order valence-electron chi connectivity index (χ0n) is 16.6. The molecule has 1 aromatic heterocycles. The van der Waals surface area contributed by atoms with E-state index in [9.17, 15) is 9.59 Å². The van der Waals surface area contributed by atoms with Gasteiger partial charge in [0.05, 0.1) is 0 Å². The summed E-state index contributed by atoms with van der Waals surface area (Å²) in [4.78, 5) is 30.0. The molecule has 0 unspecified atom stereocenters. The number of aromatic nitrogens is 1. The van der Waals surface area contributed by atoms with E-state index in [4.69, 9.17) is 0 Å². The summed E-state index contributed by atoms with van der Waals surface area (Å²) in [5.74, 6) is -0.510. The van der Waals surface area contributed by atoms with Crippen molar-refractivity contribution in [1.82, 2.24) is 4.98 Å². The van der Waals surface area contributed by atoms with Crippen LogP contribution >= 0.6 is 0 Å². The average molecular weight is 389 g/mol. The number of hydrogen-bond donors (Lipinski definition) is 3. The van der Waals surface area contributed by atoms with Crippen molar-refractivity contribution in [2.75, 3.05) is 34.9 Å². The molecule has 0 aliphatic carbocycles. The number of benzene rings is 2. The number of carbonyl (C=O) groups excluding carboxylic acids is 2. The maximum atomic E-state index is 12.6. The van der Waals surface area contributed by atoms with Crippen molar-refractivity contribution < 1.29 is 9.59 Å². The Labute approximate surface area is 169 Å². The van der Waals surface area contributed by atoms with E-state index in [0.29, 0.717) is 11.4 Å². The zero-order chi connectivity index (χ0) is 20.8. The molecule has 2 amide bonds. The Morgan fingerprint density at radius 1 is 0.828 bits per heavy atom. The predicted molar refractivity (Wildman–Crippen MR) is 117 cm³/mol.